The van der Waals surface area contributed by atoms with Gasteiger partial charge in [-0.05, 0) is 31.6 Å². The van der Waals surface area contributed by atoms with Crippen LogP contribution in [0.25, 0.3) is 0 Å². The van der Waals surface area contributed by atoms with Crippen LogP contribution in [0.2, 0.25) is 0 Å². The molecule has 124 valence electrons. The maximum absolute atomic E-state index is 6.63. The first kappa shape index (κ1) is 17.3. The topological polar surface area (TPSA) is 35.2 Å². The number of hydrogen-bond donors (Lipinski definition) is 1. The normalized spacial score (nSPS) is 29.1. The van der Waals surface area contributed by atoms with E-state index in [4.69, 9.17) is 10.5 Å². The van der Waals surface area contributed by atoms with E-state index in [1.165, 1.54) is 83.5 Å². The summed E-state index contributed by atoms with van der Waals surface area (Å²) in [5.41, 5.74) is 6.64. The van der Waals surface area contributed by atoms with Crippen molar-refractivity contribution in [1.29, 1.82) is 0 Å². The number of unbranched alkanes of at least 4 members (excludes halogenated alkanes) is 9. The molecular weight excluding hydrogens is 258 g/mol. The van der Waals surface area contributed by atoms with Gasteiger partial charge in [0.15, 0.2) is 0 Å². The summed E-state index contributed by atoms with van der Waals surface area (Å²) in [6.45, 7) is 3.18. The predicted molar refractivity (Wildman–Crippen MR) is 90.5 cm³/mol. The summed E-state index contributed by atoms with van der Waals surface area (Å²) in [5, 5.41) is 0. The maximum Gasteiger partial charge on any atom is 0.0783 e. The second-order valence-corrected chi connectivity index (χ2v) is 7.54. The van der Waals surface area contributed by atoms with Crippen LogP contribution in [0, 0.1) is 5.92 Å². The Bertz CT molecular complexity index is 277. The highest BCUT2D eigenvalue weighted by molar-refractivity contribution is 5.03. The lowest BCUT2D eigenvalue weighted by Crippen LogP contribution is -2.48. The highest BCUT2D eigenvalue weighted by Crippen LogP contribution is 2.44. The monoisotopic (exact) mass is 295 g/mol. The van der Waals surface area contributed by atoms with Crippen molar-refractivity contribution in [3.8, 4) is 0 Å². The van der Waals surface area contributed by atoms with Crippen molar-refractivity contribution in [2.24, 2.45) is 11.7 Å². The Morgan fingerprint density at radius 3 is 2.05 bits per heavy atom. The SMILES string of the molecule is CCCCCCCCCCCCC1(N)CCOC1C1CC1. The third-order valence-electron chi connectivity index (χ3n) is 5.48. The van der Waals surface area contributed by atoms with E-state index in [9.17, 15) is 0 Å². The van der Waals surface area contributed by atoms with Gasteiger partial charge in [0.2, 0.25) is 0 Å². The molecule has 1 saturated carbocycles. The molecule has 0 aromatic carbocycles. The van der Waals surface area contributed by atoms with Gasteiger partial charge >= 0.3 is 0 Å². The first-order valence-electron chi connectivity index (χ1n) is 9.67. The van der Waals surface area contributed by atoms with Crippen LogP contribution in [0.15, 0.2) is 0 Å². The van der Waals surface area contributed by atoms with Crippen LogP contribution in [0.5, 0.6) is 0 Å². The Labute approximate surface area is 132 Å². The fraction of sp³-hybridized carbons (Fsp3) is 1.00. The molecular formula is C19H37NO. The molecule has 2 atom stereocenters. The Balaban J connectivity index is 1.44. The van der Waals surface area contributed by atoms with Gasteiger partial charge in [-0.2, -0.15) is 0 Å². The van der Waals surface area contributed by atoms with E-state index in [0.29, 0.717) is 6.10 Å². The molecule has 0 amide bonds. The molecule has 1 heterocycles. The summed E-state index contributed by atoms with van der Waals surface area (Å²) in [6.07, 6.45) is 19.4. The van der Waals surface area contributed by atoms with Crippen molar-refractivity contribution >= 4 is 0 Å². The van der Waals surface area contributed by atoms with Gasteiger partial charge in [0.1, 0.15) is 0 Å². The quantitative estimate of drug-likeness (QED) is 0.503. The zero-order valence-electron chi connectivity index (χ0n) is 14.2. The molecule has 2 N–H and O–H groups in total. The lowest BCUT2D eigenvalue weighted by Gasteiger charge is -2.30. The van der Waals surface area contributed by atoms with Gasteiger partial charge < -0.3 is 10.5 Å². The molecule has 0 radical (unpaired) electrons. The number of ether oxygens (including phenoxy) is 1. The van der Waals surface area contributed by atoms with Crippen LogP contribution >= 0.6 is 0 Å². The minimum absolute atomic E-state index is 0.0152. The summed E-state index contributed by atoms with van der Waals surface area (Å²) in [4.78, 5) is 0. The summed E-state index contributed by atoms with van der Waals surface area (Å²) >= 11 is 0. The fourth-order valence-corrected chi connectivity index (χ4v) is 3.90. The van der Waals surface area contributed by atoms with Gasteiger partial charge in [-0.15, -0.1) is 0 Å². The molecule has 2 rings (SSSR count). The van der Waals surface area contributed by atoms with E-state index in [-0.39, 0.29) is 5.54 Å². The molecule has 2 aliphatic rings. The Morgan fingerprint density at radius 1 is 0.905 bits per heavy atom. The van der Waals surface area contributed by atoms with Crippen LogP contribution in [0.3, 0.4) is 0 Å². The molecule has 0 aromatic rings. The fourth-order valence-electron chi connectivity index (χ4n) is 3.90. The Hall–Kier alpha value is -0.0800. The Morgan fingerprint density at radius 2 is 1.48 bits per heavy atom. The highest BCUT2D eigenvalue weighted by Gasteiger charge is 2.48. The molecule has 21 heavy (non-hydrogen) atoms. The van der Waals surface area contributed by atoms with E-state index in [2.05, 4.69) is 6.92 Å². The van der Waals surface area contributed by atoms with Crippen LogP contribution in [0.1, 0.15) is 96.8 Å². The molecule has 1 saturated heterocycles. The van der Waals surface area contributed by atoms with Gasteiger partial charge in [-0.1, -0.05) is 71.1 Å². The van der Waals surface area contributed by atoms with E-state index >= 15 is 0 Å². The number of nitrogens with two attached hydrogens (primary N) is 1. The van der Waals surface area contributed by atoms with Crippen molar-refractivity contribution in [3.05, 3.63) is 0 Å². The average molecular weight is 296 g/mol. The summed E-state index contributed by atoms with van der Waals surface area (Å²) in [7, 11) is 0. The lowest BCUT2D eigenvalue weighted by molar-refractivity contribution is 0.0594. The molecule has 0 bridgehead atoms. The van der Waals surface area contributed by atoms with Crippen molar-refractivity contribution in [3.63, 3.8) is 0 Å². The molecule has 2 fully saturated rings. The van der Waals surface area contributed by atoms with E-state index in [0.717, 1.165) is 18.9 Å². The van der Waals surface area contributed by atoms with Gasteiger partial charge in [-0.3, -0.25) is 0 Å². The number of hydrogen-bond acceptors (Lipinski definition) is 2. The van der Waals surface area contributed by atoms with E-state index < -0.39 is 0 Å². The maximum atomic E-state index is 6.63. The number of rotatable bonds is 12. The summed E-state index contributed by atoms with van der Waals surface area (Å²) in [5.74, 6) is 0.792. The van der Waals surface area contributed by atoms with E-state index in [1.807, 2.05) is 0 Å². The van der Waals surface area contributed by atoms with Gasteiger partial charge in [0, 0.05) is 12.1 Å². The molecule has 0 aromatic heterocycles. The zero-order chi connectivity index (χ0) is 15.0. The third kappa shape index (κ3) is 5.90. The average Bonchev–Trinajstić information content (AvgIpc) is 3.24. The molecule has 2 unspecified atom stereocenters. The smallest absolute Gasteiger partial charge is 0.0783 e. The van der Waals surface area contributed by atoms with Crippen LogP contribution < -0.4 is 5.73 Å². The summed E-state index contributed by atoms with van der Waals surface area (Å²) < 4.78 is 5.91. The van der Waals surface area contributed by atoms with Crippen molar-refractivity contribution in [1.82, 2.24) is 0 Å². The van der Waals surface area contributed by atoms with Crippen LogP contribution in [-0.2, 0) is 4.74 Å². The minimum atomic E-state index is 0.0152. The molecule has 1 aliphatic heterocycles. The van der Waals surface area contributed by atoms with Gasteiger partial charge in [0.25, 0.3) is 0 Å². The minimum Gasteiger partial charge on any atom is -0.376 e. The van der Waals surface area contributed by atoms with Gasteiger partial charge in [0.05, 0.1) is 6.10 Å². The first-order chi connectivity index (χ1) is 10.3. The second kappa shape index (κ2) is 9.15. The zero-order valence-corrected chi connectivity index (χ0v) is 14.2. The van der Waals surface area contributed by atoms with Crippen molar-refractivity contribution in [2.45, 2.75) is 108 Å². The van der Waals surface area contributed by atoms with E-state index in [1.54, 1.807) is 0 Å². The molecule has 1 aliphatic carbocycles. The molecule has 0 spiro atoms. The van der Waals surface area contributed by atoms with Crippen LogP contribution in [0.4, 0.5) is 0 Å². The second-order valence-electron chi connectivity index (χ2n) is 7.54. The molecule has 2 heteroatoms. The van der Waals surface area contributed by atoms with Crippen molar-refractivity contribution in [2.75, 3.05) is 6.61 Å². The van der Waals surface area contributed by atoms with Gasteiger partial charge in [-0.25, -0.2) is 0 Å². The highest BCUT2D eigenvalue weighted by atomic mass is 16.5. The van der Waals surface area contributed by atoms with Crippen LogP contribution in [-0.4, -0.2) is 18.2 Å². The third-order valence-corrected chi connectivity index (χ3v) is 5.48. The Kier molecular flexibility index (Phi) is 7.53. The predicted octanol–water partition coefficient (Wildman–Crippen LogP) is 5.19. The largest absolute Gasteiger partial charge is 0.376 e. The van der Waals surface area contributed by atoms with Crippen molar-refractivity contribution < 1.29 is 4.74 Å². The lowest BCUT2D eigenvalue weighted by atomic mass is 9.84. The molecule has 2 nitrogen and oxygen atoms in total. The first-order valence-corrected chi connectivity index (χ1v) is 9.67. The summed E-state index contributed by atoms with van der Waals surface area (Å²) in [6, 6.07) is 0. The standard InChI is InChI=1S/C19H37NO/c1-2-3-4-5-6-7-8-9-10-11-14-19(20)15-16-21-18(19)17-12-13-17/h17-18H,2-16,20H2,1H3.